The van der Waals surface area contributed by atoms with Gasteiger partial charge in [0, 0.05) is 0 Å². The summed E-state index contributed by atoms with van der Waals surface area (Å²) >= 11 is 0. The molecule has 0 aromatic heterocycles. The highest BCUT2D eigenvalue weighted by molar-refractivity contribution is 5.41. The molecule has 0 N–H and O–H groups in total. The van der Waals surface area contributed by atoms with Crippen LogP contribution in [0.3, 0.4) is 0 Å². The molecule has 0 aliphatic heterocycles. The Bertz CT molecular complexity index is 228. The van der Waals surface area contributed by atoms with Crippen LogP contribution in [-0.2, 0) is 0 Å². The molecule has 0 heterocycles. The molecule has 12 heavy (non-hydrogen) atoms. The van der Waals surface area contributed by atoms with E-state index in [0.717, 1.165) is 12.3 Å². The fourth-order valence-electron chi connectivity index (χ4n) is 1.54. The van der Waals surface area contributed by atoms with Gasteiger partial charge in [0.05, 0.1) is 0 Å². The summed E-state index contributed by atoms with van der Waals surface area (Å²) in [5.74, 6) is 0.726. The summed E-state index contributed by atoms with van der Waals surface area (Å²) in [6.07, 6.45) is 11.5. The minimum absolute atomic E-state index is 0.726. The zero-order valence-electron chi connectivity index (χ0n) is 8.30. The van der Waals surface area contributed by atoms with Gasteiger partial charge >= 0.3 is 0 Å². The topological polar surface area (TPSA) is 0 Å². The van der Waals surface area contributed by atoms with Crippen molar-refractivity contribution in [2.75, 3.05) is 0 Å². The van der Waals surface area contributed by atoms with Crippen LogP contribution in [-0.4, -0.2) is 0 Å². The van der Waals surface area contributed by atoms with Gasteiger partial charge in [0.25, 0.3) is 0 Å². The number of allylic oxidation sites excluding steroid dienone is 6. The minimum Gasteiger partial charge on any atom is -0.0839 e. The van der Waals surface area contributed by atoms with E-state index in [9.17, 15) is 0 Å². The SMILES string of the molecule is CC=C(CC)C1=CCC(C)C=C1. The lowest BCUT2D eigenvalue weighted by molar-refractivity contribution is 0.731. The quantitative estimate of drug-likeness (QED) is 0.578. The summed E-state index contributed by atoms with van der Waals surface area (Å²) in [4.78, 5) is 0. The predicted octanol–water partition coefficient (Wildman–Crippen LogP) is 3.87. The third-order valence-corrected chi connectivity index (χ3v) is 2.41. The average molecular weight is 162 g/mol. The summed E-state index contributed by atoms with van der Waals surface area (Å²) < 4.78 is 0. The normalized spacial score (nSPS) is 24.1. The third-order valence-electron chi connectivity index (χ3n) is 2.41. The molecule has 0 heteroatoms. The van der Waals surface area contributed by atoms with Crippen molar-refractivity contribution in [3.05, 3.63) is 35.5 Å². The van der Waals surface area contributed by atoms with Crippen LogP contribution in [0, 0.1) is 5.92 Å². The van der Waals surface area contributed by atoms with E-state index in [1.165, 1.54) is 17.6 Å². The maximum Gasteiger partial charge on any atom is -0.0224 e. The Hall–Kier alpha value is -0.780. The molecule has 0 saturated carbocycles. The van der Waals surface area contributed by atoms with Crippen molar-refractivity contribution in [2.45, 2.75) is 33.6 Å². The number of hydrogen-bond acceptors (Lipinski definition) is 0. The molecule has 0 aromatic rings. The van der Waals surface area contributed by atoms with Gasteiger partial charge in [-0.05, 0) is 36.8 Å². The fraction of sp³-hybridized carbons (Fsp3) is 0.500. The molecular weight excluding hydrogens is 144 g/mol. The second-order valence-corrected chi connectivity index (χ2v) is 3.40. The second-order valence-electron chi connectivity index (χ2n) is 3.40. The van der Waals surface area contributed by atoms with Crippen molar-refractivity contribution in [1.29, 1.82) is 0 Å². The minimum atomic E-state index is 0.726. The van der Waals surface area contributed by atoms with E-state index >= 15 is 0 Å². The Morgan fingerprint density at radius 3 is 2.83 bits per heavy atom. The highest BCUT2D eigenvalue weighted by Crippen LogP contribution is 2.22. The first kappa shape index (κ1) is 9.31. The summed E-state index contributed by atoms with van der Waals surface area (Å²) in [5.41, 5.74) is 2.90. The van der Waals surface area contributed by atoms with E-state index in [1.807, 2.05) is 0 Å². The van der Waals surface area contributed by atoms with E-state index in [-0.39, 0.29) is 0 Å². The third kappa shape index (κ3) is 2.10. The molecule has 66 valence electrons. The van der Waals surface area contributed by atoms with E-state index in [2.05, 4.69) is 45.1 Å². The molecular formula is C12H18. The van der Waals surface area contributed by atoms with Crippen molar-refractivity contribution in [3.8, 4) is 0 Å². The van der Waals surface area contributed by atoms with Gasteiger partial charge in [0.15, 0.2) is 0 Å². The molecule has 0 aromatic carbocycles. The molecule has 1 aliphatic carbocycles. The molecule has 0 saturated heterocycles. The summed E-state index contributed by atoms with van der Waals surface area (Å²) in [7, 11) is 0. The van der Waals surface area contributed by atoms with Gasteiger partial charge in [-0.1, -0.05) is 38.2 Å². The van der Waals surface area contributed by atoms with Gasteiger partial charge in [-0.2, -0.15) is 0 Å². The van der Waals surface area contributed by atoms with E-state index in [4.69, 9.17) is 0 Å². The summed E-state index contributed by atoms with van der Waals surface area (Å²) in [6.45, 7) is 6.58. The Morgan fingerprint density at radius 1 is 1.67 bits per heavy atom. The highest BCUT2D eigenvalue weighted by Gasteiger charge is 2.05. The first-order valence-electron chi connectivity index (χ1n) is 4.81. The lowest BCUT2D eigenvalue weighted by atomic mass is 9.93. The van der Waals surface area contributed by atoms with Crippen molar-refractivity contribution < 1.29 is 0 Å². The lowest BCUT2D eigenvalue weighted by Gasteiger charge is -2.13. The van der Waals surface area contributed by atoms with Crippen LogP contribution >= 0.6 is 0 Å². The Morgan fingerprint density at radius 2 is 2.42 bits per heavy atom. The largest absolute Gasteiger partial charge is 0.0839 e. The maximum absolute atomic E-state index is 2.35. The first-order valence-corrected chi connectivity index (χ1v) is 4.81. The van der Waals surface area contributed by atoms with Crippen molar-refractivity contribution in [2.24, 2.45) is 5.92 Å². The van der Waals surface area contributed by atoms with Gasteiger partial charge in [-0.15, -0.1) is 0 Å². The molecule has 1 unspecified atom stereocenters. The molecule has 1 rings (SSSR count). The molecule has 0 amide bonds. The smallest absolute Gasteiger partial charge is 0.0224 e. The van der Waals surface area contributed by atoms with Crippen molar-refractivity contribution >= 4 is 0 Å². The Balaban J connectivity index is 2.72. The monoisotopic (exact) mass is 162 g/mol. The van der Waals surface area contributed by atoms with Gasteiger partial charge < -0.3 is 0 Å². The summed E-state index contributed by atoms with van der Waals surface area (Å²) in [6, 6.07) is 0. The van der Waals surface area contributed by atoms with Gasteiger partial charge in [-0.3, -0.25) is 0 Å². The fourth-order valence-corrected chi connectivity index (χ4v) is 1.54. The van der Waals surface area contributed by atoms with Crippen LogP contribution in [0.25, 0.3) is 0 Å². The maximum atomic E-state index is 2.35. The molecule has 0 radical (unpaired) electrons. The van der Waals surface area contributed by atoms with Crippen LogP contribution in [0.5, 0.6) is 0 Å². The number of rotatable bonds is 2. The second kappa shape index (κ2) is 4.30. The molecule has 0 nitrogen and oxygen atoms in total. The van der Waals surface area contributed by atoms with Crippen LogP contribution in [0.1, 0.15) is 33.6 Å². The average Bonchev–Trinajstić information content (AvgIpc) is 2.10. The first-order chi connectivity index (χ1) is 5.77. The molecule has 0 spiro atoms. The Labute approximate surface area is 75.7 Å². The molecule has 0 fully saturated rings. The van der Waals surface area contributed by atoms with E-state index in [1.54, 1.807) is 0 Å². The standard InChI is InChI=1S/C12H18/c1-4-11(5-2)12-8-6-10(3)7-9-12/h4,6,8-10H,5,7H2,1-3H3. The zero-order valence-corrected chi connectivity index (χ0v) is 8.30. The van der Waals surface area contributed by atoms with Gasteiger partial charge in [0.2, 0.25) is 0 Å². The van der Waals surface area contributed by atoms with E-state index < -0.39 is 0 Å². The molecule has 1 atom stereocenters. The van der Waals surface area contributed by atoms with Crippen molar-refractivity contribution in [3.63, 3.8) is 0 Å². The van der Waals surface area contributed by atoms with Crippen LogP contribution < -0.4 is 0 Å². The zero-order chi connectivity index (χ0) is 8.97. The Kier molecular flexibility index (Phi) is 3.33. The van der Waals surface area contributed by atoms with Crippen LogP contribution in [0.2, 0.25) is 0 Å². The predicted molar refractivity (Wildman–Crippen MR) is 55.1 cm³/mol. The van der Waals surface area contributed by atoms with Gasteiger partial charge in [-0.25, -0.2) is 0 Å². The lowest BCUT2D eigenvalue weighted by Crippen LogP contribution is -1.96. The van der Waals surface area contributed by atoms with Crippen LogP contribution in [0.4, 0.5) is 0 Å². The van der Waals surface area contributed by atoms with Crippen molar-refractivity contribution in [1.82, 2.24) is 0 Å². The highest BCUT2D eigenvalue weighted by atomic mass is 14.1. The molecule has 0 bridgehead atoms. The van der Waals surface area contributed by atoms with Gasteiger partial charge in [0.1, 0.15) is 0 Å². The van der Waals surface area contributed by atoms with E-state index in [0.29, 0.717) is 0 Å². The summed E-state index contributed by atoms with van der Waals surface area (Å²) in [5, 5.41) is 0. The number of hydrogen-bond donors (Lipinski definition) is 0. The molecule has 1 aliphatic rings. The van der Waals surface area contributed by atoms with Crippen LogP contribution in [0.15, 0.2) is 35.5 Å².